The Morgan fingerprint density at radius 1 is 1.43 bits per heavy atom. The SMILES string of the molecule is O=[C]CN1C=CC(F)c2ccccc21. The van der Waals surface area contributed by atoms with Crippen molar-refractivity contribution in [3.8, 4) is 0 Å². The maximum absolute atomic E-state index is 13.4. The fraction of sp³-hybridized carbons (Fsp3) is 0.182. The van der Waals surface area contributed by atoms with Crippen LogP contribution in [0, 0.1) is 0 Å². The molecule has 0 saturated heterocycles. The van der Waals surface area contributed by atoms with E-state index in [0.717, 1.165) is 5.69 Å². The number of hydrogen-bond acceptors (Lipinski definition) is 2. The van der Waals surface area contributed by atoms with Gasteiger partial charge < -0.3 is 4.90 Å². The molecule has 1 heterocycles. The lowest BCUT2D eigenvalue weighted by Gasteiger charge is -2.25. The van der Waals surface area contributed by atoms with Crippen LogP contribution in [0.25, 0.3) is 0 Å². The van der Waals surface area contributed by atoms with Gasteiger partial charge in [0.15, 0.2) is 0 Å². The van der Waals surface area contributed by atoms with Gasteiger partial charge in [0.1, 0.15) is 6.17 Å². The Hall–Kier alpha value is -1.64. The lowest BCUT2D eigenvalue weighted by molar-refractivity contribution is 0.411. The number of anilines is 1. The van der Waals surface area contributed by atoms with Crippen molar-refractivity contribution in [2.75, 3.05) is 11.4 Å². The van der Waals surface area contributed by atoms with Gasteiger partial charge >= 0.3 is 0 Å². The molecule has 14 heavy (non-hydrogen) atoms. The minimum Gasteiger partial charge on any atom is -0.340 e. The molecular formula is C11H9FNO. The molecule has 1 atom stereocenters. The molecule has 0 bridgehead atoms. The number of halogens is 1. The van der Waals surface area contributed by atoms with E-state index in [-0.39, 0.29) is 6.54 Å². The van der Waals surface area contributed by atoms with Crippen molar-refractivity contribution in [2.24, 2.45) is 0 Å². The first-order valence-electron chi connectivity index (χ1n) is 4.36. The Morgan fingerprint density at radius 2 is 2.21 bits per heavy atom. The standard InChI is InChI=1S/C11H9FNO/c12-10-5-6-13(7-8-14)11-4-2-1-3-9(10)11/h1-6,10H,7H2. The molecule has 3 heteroatoms. The summed E-state index contributed by atoms with van der Waals surface area (Å²) in [6.45, 7) is 0.139. The van der Waals surface area contributed by atoms with Crippen molar-refractivity contribution in [2.45, 2.75) is 6.17 Å². The number of rotatable bonds is 2. The monoisotopic (exact) mass is 190 g/mol. The van der Waals surface area contributed by atoms with E-state index in [1.165, 1.54) is 6.08 Å². The molecule has 71 valence electrons. The largest absolute Gasteiger partial charge is 0.340 e. The summed E-state index contributed by atoms with van der Waals surface area (Å²) in [5.41, 5.74) is 1.34. The summed E-state index contributed by atoms with van der Waals surface area (Å²) in [5.74, 6) is 0. The molecular weight excluding hydrogens is 181 g/mol. The molecule has 1 aromatic carbocycles. The highest BCUT2D eigenvalue weighted by atomic mass is 19.1. The van der Waals surface area contributed by atoms with Crippen LogP contribution in [0.15, 0.2) is 36.5 Å². The maximum atomic E-state index is 13.4. The Bertz CT molecular complexity index is 375. The lowest BCUT2D eigenvalue weighted by atomic mass is 10.0. The summed E-state index contributed by atoms with van der Waals surface area (Å²) in [6.07, 6.45) is 3.73. The average molecular weight is 190 g/mol. The second kappa shape index (κ2) is 3.62. The van der Waals surface area contributed by atoms with E-state index < -0.39 is 6.17 Å². The first-order chi connectivity index (χ1) is 6.83. The van der Waals surface area contributed by atoms with Crippen LogP contribution < -0.4 is 4.90 Å². The van der Waals surface area contributed by atoms with Crippen molar-refractivity contribution in [1.29, 1.82) is 0 Å². The molecule has 0 amide bonds. The number of hydrogen-bond donors (Lipinski definition) is 0. The number of allylic oxidation sites excluding steroid dienone is 1. The molecule has 1 unspecified atom stereocenters. The predicted molar refractivity (Wildman–Crippen MR) is 52.5 cm³/mol. The van der Waals surface area contributed by atoms with Crippen molar-refractivity contribution in [1.82, 2.24) is 0 Å². The zero-order chi connectivity index (χ0) is 9.97. The van der Waals surface area contributed by atoms with Crippen LogP contribution in [-0.4, -0.2) is 12.8 Å². The van der Waals surface area contributed by atoms with Gasteiger partial charge in [-0.1, -0.05) is 18.2 Å². The summed E-state index contributed by atoms with van der Waals surface area (Å²) in [4.78, 5) is 11.9. The van der Waals surface area contributed by atoms with E-state index in [4.69, 9.17) is 0 Å². The van der Waals surface area contributed by atoms with Gasteiger partial charge in [0.05, 0.1) is 6.54 Å². The van der Waals surface area contributed by atoms with E-state index in [9.17, 15) is 9.18 Å². The Kier molecular flexibility index (Phi) is 2.31. The van der Waals surface area contributed by atoms with Gasteiger partial charge in [0.25, 0.3) is 0 Å². The molecule has 0 saturated carbocycles. The first-order valence-corrected chi connectivity index (χ1v) is 4.36. The number of para-hydroxylation sites is 1. The molecule has 1 aromatic rings. The van der Waals surface area contributed by atoms with Crippen molar-refractivity contribution in [3.05, 3.63) is 42.1 Å². The van der Waals surface area contributed by atoms with Crippen molar-refractivity contribution >= 4 is 12.0 Å². The third kappa shape index (κ3) is 1.41. The van der Waals surface area contributed by atoms with Crippen LogP contribution in [0.5, 0.6) is 0 Å². The van der Waals surface area contributed by atoms with E-state index in [2.05, 4.69) is 0 Å². The molecule has 0 aliphatic carbocycles. The molecule has 0 N–H and O–H groups in total. The van der Waals surface area contributed by atoms with Gasteiger partial charge in [-0.25, -0.2) is 4.39 Å². The minimum absolute atomic E-state index is 0.139. The van der Waals surface area contributed by atoms with Crippen LogP contribution in [-0.2, 0) is 4.79 Å². The van der Waals surface area contributed by atoms with Gasteiger partial charge in [-0.05, 0) is 12.1 Å². The highest BCUT2D eigenvalue weighted by molar-refractivity contribution is 5.67. The zero-order valence-corrected chi connectivity index (χ0v) is 7.48. The number of alkyl halides is 1. The summed E-state index contributed by atoms with van der Waals surface area (Å²) in [5, 5.41) is 0. The Morgan fingerprint density at radius 3 is 3.00 bits per heavy atom. The average Bonchev–Trinajstić information content (AvgIpc) is 2.23. The molecule has 1 aliphatic rings. The smallest absolute Gasteiger partial charge is 0.219 e. The quantitative estimate of drug-likeness (QED) is 0.712. The minimum atomic E-state index is -1.07. The normalized spacial score (nSPS) is 19.2. The number of benzene rings is 1. The van der Waals surface area contributed by atoms with Gasteiger partial charge in [-0.2, -0.15) is 0 Å². The molecule has 2 nitrogen and oxygen atoms in total. The maximum Gasteiger partial charge on any atom is 0.219 e. The van der Waals surface area contributed by atoms with E-state index in [1.807, 2.05) is 6.07 Å². The van der Waals surface area contributed by atoms with E-state index in [1.54, 1.807) is 35.6 Å². The molecule has 1 radical (unpaired) electrons. The lowest BCUT2D eigenvalue weighted by Crippen LogP contribution is -2.22. The van der Waals surface area contributed by atoms with Gasteiger partial charge in [-0.15, -0.1) is 0 Å². The van der Waals surface area contributed by atoms with Crippen LogP contribution in [0.4, 0.5) is 10.1 Å². The van der Waals surface area contributed by atoms with E-state index in [0.29, 0.717) is 5.56 Å². The molecule has 1 aliphatic heterocycles. The van der Waals surface area contributed by atoms with Crippen molar-refractivity contribution in [3.63, 3.8) is 0 Å². The van der Waals surface area contributed by atoms with Gasteiger partial charge in [-0.3, -0.25) is 4.79 Å². The summed E-state index contributed by atoms with van der Waals surface area (Å²) >= 11 is 0. The highest BCUT2D eigenvalue weighted by Gasteiger charge is 2.19. The van der Waals surface area contributed by atoms with Crippen LogP contribution in [0.1, 0.15) is 11.7 Å². The Labute approximate surface area is 81.6 Å². The van der Waals surface area contributed by atoms with Crippen LogP contribution in [0.3, 0.4) is 0 Å². The fourth-order valence-corrected chi connectivity index (χ4v) is 1.55. The summed E-state index contributed by atoms with van der Waals surface area (Å²) in [7, 11) is 0. The van der Waals surface area contributed by atoms with Gasteiger partial charge in [0, 0.05) is 17.5 Å². The molecule has 2 rings (SSSR count). The predicted octanol–water partition coefficient (Wildman–Crippen LogP) is 2.14. The third-order valence-corrected chi connectivity index (χ3v) is 2.21. The van der Waals surface area contributed by atoms with Crippen LogP contribution >= 0.6 is 0 Å². The Balaban J connectivity index is 2.41. The second-order valence-corrected chi connectivity index (χ2v) is 3.07. The van der Waals surface area contributed by atoms with Gasteiger partial charge in [0.2, 0.25) is 6.29 Å². The van der Waals surface area contributed by atoms with Crippen LogP contribution in [0.2, 0.25) is 0 Å². The summed E-state index contributed by atoms with van der Waals surface area (Å²) in [6, 6.07) is 7.12. The van der Waals surface area contributed by atoms with E-state index >= 15 is 0 Å². The molecule has 0 fully saturated rings. The molecule has 0 spiro atoms. The number of nitrogens with zero attached hydrogens (tertiary/aromatic N) is 1. The topological polar surface area (TPSA) is 20.3 Å². The fourth-order valence-electron chi connectivity index (χ4n) is 1.55. The summed E-state index contributed by atoms with van der Waals surface area (Å²) < 4.78 is 13.4. The second-order valence-electron chi connectivity index (χ2n) is 3.07. The highest BCUT2D eigenvalue weighted by Crippen LogP contribution is 2.33. The zero-order valence-electron chi connectivity index (χ0n) is 7.48. The number of carbonyl (C=O) groups excluding carboxylic acids is 1. The van der Waals surface area contributed by atoms with Crippen molar-refractivity contribution < 1.29 is 9.18 Å². The molecule has 0 aromatic heterocycles. The third-order valence-electron chi connectivity index (χ3n) is 2.21. The number of fused-ring (bicyclic) bond motifs is 1. The first kappa shape index (κ1) is 8.94.